The van der Waals surface area contributed by atoms with Crippen LogP contribution in [0.15, 0.2) is 0 Å². The molecule has 3 aliphatic rings. The maximum atomic E-state index is 12.6. The predicted molar refractivity (Wildman–Crippen MR) is 130 cm³/mol. The van der Waals surface area contributed by atoms with Crippen LogP contribution in [-0.2, 0) is 112 Å². The average Bonchev–Trinajstić information content (AvgIpc) is 3.33. The first kappa shape index (κ1) is 40.7. The minimum absolute atomic E-state index is 0. The molecule has 3 fully saturated rings. The van der Waals surface area contributed by atoms with E-state index >= 15 is 0 Å². The Morgan fingerprint density at radius 3 is 1.95 bits per heavy atom. The van der Waals surface area contributed by atoms with Gasteiger partial charge in [0, 0.05) is 63.2 Å². The molecule has 3 N–H and O–H groups in total. The molecule has 3 heterocycles. The third-order valence-electron chi connectivity index (χ3n) is 5.41. The molecular weight excluding hydrogens is 1070 g/mol. The molecule has 38 heavy (non-hydrogen) atoms. The molecular formula is C19H31B2O11P2SW3-3. The van der Waals surface area contributed by atoms with Crippen LogP contribution >= 0.6 is 14.5 Å². The van der Waals surface area contributed by atoms with E-state index in [0.29, 0.717) is 6.42 Å². The number of rotatable bonds is 12. The number of aliphatic hydroxyl groups is 1. The van der Waals surface area contributed by atoms with Gasteiger partial charge in [0.05, 0.1) is 47.2 Å². The Kier molecular flexibility index (Phi) is 19.1. The van der Waals surface area contributed by atoms with Crippen LogP contribution in [0.1, 0.15) is 27.2 Å². The van der Waals surface area contributed by atoms with E-state index in [2.05, 4.69) is 0 Å². The minimum Gasteiger partial charge on any atom is -0.422 e. The van der Waals surface area contributed by atoms with Crippen molar-refractivity contribution in [3.63, 3.8) is 0 Å². The van der Waals surface area contributed by atoms with Crippen molar-refractivity contribution in [2.45, 2.75) is 81.9 Å². The normalized spacial score (nSPS) is 38.0. The van der Waals surface area contributed by atoms with Crippen LogP contribution in [0.25, 0.3) is 0 Å². The number of phosphoric ester groups is 1. The van der Waals surface area contributed by atoms with E-state index < -0.39 is 69.8 Å². The Bertz CT molecular complexity index is 811. The second-order valence-corrected chi connectivity index (χ2v) is 13.2. The van der Waals surface area contributed by atoms with Crippen LogP contribution in [0, 0.1) is 25.2 Å². The third kappa shape index (κ3) is 13.1. The van der Waals surface area contributed by atoms with Crippen LogP contribution < -0.4 is 0 Å². The van der Waals surface area contributed by atoms with Gasteiger partial charge in [-0.2, -0.15) is 0 Å². The fourth-order valence-electron chi connectivity index (χ4n) is 3.91. The van der Waals surface area contributed by atoms with E-state index in [9.17, 15) is 19.5 Å². The summed E-state index contributed by atoms with van der Waals surface area (Å²) in [5, 5.41) is 9.90. The van der Waals surface area contributed by atoms with Crippen LogP contribution in [0.3, 0.4) is 0 Å². The molecule has 0 aromatic heterocycles. The van der Waals surface area contributed by atoms with Gasteiger partial charge in [-0.3, -0.25) is 23.8 Å². The van der Waals surface area contributed by atoms with Gasteiger partial charge >= 0.3 is 14.5 Å². The van der Waals surface area contributed by atoms with Crippen LogP contribution in [0.5, 0.6) is 0 Å². The van der Waals surface area contributed by atoms with Crippen molar-refractivity contribution in [2.75, 3.05) is 13.2 Å². The van der Waals surface area contributed by atoms with Crippen molar-refractivity contribution in [2.24, 2.45) is 5.92 Å². The monoisotopic (exact) mass is 1100 g/mol. The van der Waals surface area contributed by atoms with E-state index in [1.807, 2.05) is 13.8 Å². The van der Waals surface area contributed by atoms with Crippen molar-refractivity contribution in [1.29, 1.82) is 0 Å². The van der Waals surface area contributed by atoms with E-state index in [4.69, 9.17) is 59.8 Å². The first-order chi connectivity index (χ1) is 16.2. The smallest absolute Gasteiger partial charge is 0.422 e. The number of ether oxygens (including phenoxy) is 3. The van der Waals surface area contributed by atoms with Gasteiger partial charge in [0.25, 0.3) is 0 Å². The van der Waals surface area contributed by atoms with Crippen molar-refractivity contribution >= 4 is 42.0 Å². The van der Waals surface area contributed by atoms with Crippen molar-refractivity contribution < 1.29 is 115 Å². The van der Waals surface area contributed by atoms with Gasteiger partial charge in [0.2, 0.25) is 0 Å². The van der Waals surface area contributed by atoms with Gasteiger partial charge in [-0.15, -0.1) is 0 Å². The summed E-state index contributed by atoms with van der Waals surface area (Å²) in [6.07, 6.45) is -0.0843. The molecule has 0 amide bonds. The molecule has 0 aliphatic carbocycles. The Morgan fingerprint density at radius 1 is 0.895 bits per heavy atom. The van der Waals surface area contributed by atoms with Crippen LogP contribution in [0.2, 0.25) is 0 Å². The third-order valence-corrected chi connectivity index (χ3v) is 7.96. The van der Waals surface area contributed by atoms with Gasteiger partial charge in [-0.25, -0.2) is 4.57 Å². The first-order valence-corrected chi connectivity index (χ1v) is 15.3. The molecule has 19 heteroatoms. The van der Waals surface area contributed by atoms with Crippen LogP contribution in [-0.4, -0.2) is 98.5 Å². The predicted octanol–water partition coefficient (Wildman–Crippen LogP) is 0.694. The summed E-state index contributed by atoms with van der Waals surface area (Å²) in [6.45, 7) is 1.24. The number of hydrogen-bond donors (Lipinski definition) is 3. The van der Waals surface area contributed by atoms with Crippen LogP contribution in [0.4, 0.5) is 0 Å². The van der Waals surface area contributed by atoms with Gasteiger partial charge in [0.1, 0.15) is 0 Å². The summed E-state index contributed by atoms with van der Waals surface area (Å²) in [5.41, 5.74) is 0. The molecule has 0 saturated carbocycles. The van der Waals surface area contributed by atoms with E-state index in [0.717, 1.165) is 0 Å². The Labute approximate surface area is 275 Å². The van der Waals surface area contributed by atoms with E-state index in [1.54, 1.807) is 13.3 Å². The molecule has 0 bridgehead atoms. The average molecular weight is 1100 g/mol. The first-order valence-electron chi connectivity index (χ1n) is 11.2. The summed E-state index contributed by atoms with van der Waals surface area (Å²) in [6, 6.07) is -1.62. The second-order valence-electron chi connectivity index (χ2n) is 9.02. The zero-order valence-corrected chi connectivity index (χ0v) is 32.3. The SMILES string of the molecule is [B]C1[CH-]C(OP(=O)(O)OCC2OC([B])[CH-]C2OP(O)(=S)OCC2OC(C)[CH-]C2O)C(CC(C)C)O1.[W].[W].[W]. The molecule has 0 aromatic rings. The van der Waals surface area contributed by atoms with E-state index in [1.165, 1.54) is 12.8 Å². The quantitative estimate of drug-likeness (QED) is 0.144. The Hall–Kier alpha value is 2.67. The summed E-state index contributed by atoms with van der Waals surface area (Å²) in [7, 11) is 6.99. The molecule has 3 aliphatic heterocycles. The second kappa shape index (κ2) is 17.8. The number of hydrogen-bond acceptors (Lipinski definition) is 10. The minimum atomic E-state index is -4.55. The largest absolute Gasteiger partial charge is 0.470 e. The van der Waals surface area contributed by atoms with Gasteiger partial charge < -0.3 is 42.7 Å². The Balaban J connectivity index is 0.00000456. The topological polar surface area (TPSA) is 142 Å². The summed E-state index contributed by atoms with van der Waals surface area (Å²) in [4.78, 5) is 20.7. The maximum Gasteiger partial charge on any atom is 0.470 e. The van der Waals surface area contributed by atoms with Crippen molar-refractivity contribution in [1.82, 2.24) is 0 Å². The molecule has 11 atom stereocenters. The maximum absolute atomic E-state index is 12.6. The van der Waals surface area contributed by atoms with Gasteiger partial charge in [-0.05, 0) is 42.5 Å². The van der Waals surface area contributed by atoms with Gasteiger partial charge in [0.15, 0.2) is 0 Å². The van der Waals surface area contributed by atoms with Crippen molar-refractivity contribution in [3.05, 3.63) is 19.3 Å². The molecule has 3 rings (SSSR count). The molecule has 0 aromatic carbocycles. The Morgan fingerprint density at radius 2 is 1.42 bits per heavy atom. The molecule has 216 valence electrons. The fourth-order valence-corrected chi connectivity index (χ4v) is 6.21. The number of aliphatic hydroxyl groups excluding tert-OH is 1. The molecule has 11 nitrogen and oxygen atoms in total. The summed E-state index contributed by atoms with van der Waals surface area (Å²) >= 11 is 5.04. The van der Waals surface area contributed by atoms with E-state index in [-0.39, 0.29) is 81.8 Å². The zero-order valence-electron chi connectivity index (χ0n) is 20.9. The fraction of sp³-hybridized carbons (Fsp3) is 0.842. The molecule has 4 radical (unpaired) electrons. The molecule has 3 saturated heterocycles. The summed E-state index contributed by atoms with van der Waals surface area (Å²) in [5.74, 6) is 0.248. The molecule has 11 unspecified atom stereocenters. The summed E-state index contributed by atoms with van der Waals surface area (Å²) < 4.78 is 50.2. The van der Waals surface area contributed by atoms with Crippen molar-refractivity contribution in [3.8, 4) is 0 Å². The standard InChI is InChI=1S/C19H31B2O11P2S.3W/c1-10(2)4-13-14(6-18(20)29-13)31-33(23,24)26-9-17-15(7-19(21)30-17)32-34(25,35)27-8-16-12(22)5-11(3)28-16;;;/h5-7,10-19,22H,4,8-9H2,1-3H3,(H,23,24)(H,25,35);;;/q-3;;;. The zero-order chi connectivity index (χ0) is 26.0. The number of phosphoric acid groups is 1. The van der Waals surface area contributed by atoms with Gasteiger partial charge in [-0.1, -0.05) is 38.9 Å². The molecule has 0 spiro atoms.